The molecule has 1 aromatic carbocycles. The zero-order valence-electron chi connectivity index (χ0n) is 11.0. The van der Waals surface area contributed by atoms with E-state index in [2.05, 4.69) is 37.3 Å². The molecular formula is C14H23ClN2. The smallest absolute Gasteiger partial charge is 0.0409 e. The Hall–Kier alpha value is -0.570. The van der Waals surface area contributed by atoms with E-state index in [1.165, 1.54) is 18.4 Å². The van der Waals surface area contributed by atoms with Crippen LogP contribution in [0.5, 0.6) is 0 Å². The minimum atomic E-state index is 0.369. The monoisotopic (exact) mass is 254 g/mol. The third-order valence-corrected chi connectivity index (χ3v) is 3.07. The fraction of sp³-hybridized carbons (Fsp3) is 0.571. The molecule has 0 aliphatic rings. The second kappa shape index (κ2) is 7.70. The van der Waals surface area contributed by atoms with Gasteiger partial charge < -0.3 is 10.2 Å². The van der Waals surface area contributed by atoms with Crippen LogP contribution in [0.3, 0.4) is 0 Å². The quantitative estimate of drug-likeness (QED) is 0.751. The van der Waals surface area contributed by atoms with E-state index in [9.17, 15) is 0 Å². The maximum atomic E-state index is 5.97. The first-order chi connectivity index (χ1) is 8.09. The molecule has 1 unspecified atom stereocenters. The van der Waals surface area contributed by atoms with Gasteiger partial charge in [-0.1, -0.05) is 23.7 Å². The average Bonchev–Trinajstić information content (AvgIpc) is 2.28. The Kier molecular flexibility index (Phi) is 6.56. The van der Waals surface area contributed by atoms with Gasteiger partial charge in [-0.25, -0.2) is 0 Å². The van der Waals surface area contributed by atoms with Crippen LogP contribution in [0.1, 0.15) is 31.4 Å². The largest absolute Gasteiger partial charge is 0.310 e. The van der Waals surface area contributed by atoms with Crippen molar-refractivity contribution in [3.05, 3.63) is 34.9 Å². The first-order valence-electron chi connectivity index (χ1n) is 6.23. The van der Waals surface area contributed by atoms with Crippen molar-refractivity contribution in [3.63, 3.8) is 0 Å². The Labute approximate surface area is 110 Å². The molecule has 1 N–H and O–H groups in total. The predicted molar refractivity (Wildman–Crippen MR) is 75.7 cm³/mol. The fourth-order valence-electron chi connectivity index (χ4n) is 1.77. The van der Waals surface area contributed by atoms with Crippen molar-refractivity contribution in [2.24, 2.45) is 0 Å². The fourth-order valence-corrected chi connectivity index (χ4v) is 1.96. The van der Waals surface area contributed by atoms with Crippen molar-refractivity contribution in [1.29, 1.82) is 0 Å². The van der Waals surface area contributed by atoms with E-state index >= 15 is 0 Å². The number of rotatable bonds is 7. The van der Waals surface area contributed by atoms with E-state index in [0.717, 1.165) is 18.1 Å². The molecule has 17 heavy (non-hydrogen) atoms. The molecule has 0 amide bonds. The van der Waals surface area contributed by atoms with Crippen molar-refractivity contribution in [1.82, 2.24) is 10.2 Å². The van der Waals surface area contributed by atoms with Gasteiger partial charge >= 0.3 is 0 Å². The van der Waals surface area contributed by atoms with Gasteiger partial charge in [-0.05, 0) is 64.6 Å². The maximum absolute atomic E-state index is 5.97. The SMILES string of the molecule is CC(NCCCCN(C)C)c1cccc(Cl)c1. The average molecular weight is 255 g/mol. The molecule has 0 bridgehead atoms. The lowest BCUT2D eigenvalue weighted by Crippen LogP contribution is -2.21. The first-order valence-corrected chi connectivity index (χ1v) is 6.61. The second-order valence-electron chi connectivity index (χ2n) is 4.74. The van der Waals surface area contributed by atoms with Gasteiger partial charge in [0.15, 0.2) is 0 Å². The Morgan fingerprint density at radius 1 is 1.29 bits per heavy atom. The third kappa shape index (κ3) is 6.06. The van der Waals surface area contributed by atoms with E-state index < -0.39 is 0 Å². The van der Waals surface area contributed by atoms with E-state index in [1.54, 1.807) is 0 Å². The molecule has 0 aliphatic carbocycles. The summed E-state index contributed by atoms with van der Waals surface area (Å²) in [5.41, 5.74) is 1.25. The Morgan fingerprint density at radius 3 is 2.71 bits per heavy atom. The molecule has 2 nitrogen and oxygen atoms in total. The summed E-state index contributed by atoms with van der Waals surface area (Å²) in [6.45, 7) is 4.40. The molecule has 1 rings (SSSR count). The molecule has 0 radical (unpaired) electrons. The summed E-state index contributed by atoms with van der Waals surface area (Å²) in [5, 5.41) is 4.33. The molecule has 0 aromatic heterocycles. The number of halogens is 1. The van der Waals surface area contributed by atoms with Crippen LogP contribution in [0.25, 0.3) is 0 Å². The molecule has 0 aliphatic heterocycles. The minimum Gasteiger partial charge on any atom is -0.310 e. The predicted octanol–water partition coefficient (Wildman–Crippen LogP) is 3.33. The lowest BCUT2D eigenvalue weighted by atomic mass is 10.1. The summed E-state index contributed by atoms with van der Waals surface area (Å²) in [4.78, 5) is 2.22. The number of hydrogen-bond donors (Lipinski definition) is 1. The van der Waals surface area contributed by atoms with E-state index in [0.29, 0.717) is 6.04 Å². The van der Waals surface area contributed by atoms with Crippen molar-refractivity contribution < 1.29 is 0 Å². The van der Waals surface area contributed by atoms with Gasteiger partial charge in [0, 0.05) is 11.1 Å². The van der Waals surface area contributed by atoms with Gasteiger partial charge in [-0.2, -0.15) is 0 Å². The summed E-state index contributed by atoms with van der Waals surface area (Å²) < 4.78 is 0. The zero-order chi connectivity index (χ0) is 12.7. The number of unbranched alkanes of at least 4 members (excludes halogenated alkanes) is 1. The molecule has 0 saturated carbocycles. The molecule has 0 spiro atoms. The lowest BCUT2D eigenvalue weighted by Gasteiger charge is -2.15. The summed E-state index contributed by atoms with van der Waals surface area (Å²) in [5.74, 6) is 0. The van der Waals surface area contributed by atoms with Crippen LogP contribution in [-0.4, -0.2) is 32.1 Å². The highest BCUT2D eigenvalue weighted by atomic mass is 35.5. The zero-order valence-corrected chi connectivity index (χ0v) is 11.8. The summed E-state index contributed by atoms with van der Waals surface area (Å²) in [6, 6.07) is 8.42. The van der Waals surface area contributed by atoms with Crippen molar-refractivity contribution in [3.8, 4) is 0 Å². The van der Waals surface area contributed by atoms with Crippen LogP contribution < -0.4 is 5.32 Å². The number of nitrogens with one attached hydrogen (secondary N) is 1. The molecule has 0 fully saturated rings. The Balaban J connectivity index is 2.23. The molecule has 1 atom stereocenters. The van der Waals surface area contributed by atoms with Crippen LogP contribution in [0.15, 0.2) is 24.3 Å². The topological polar surface area (TPSA) is 15.3 Å². The normalized spacial score (nSPS) is 13.0. The summed E-state index contributed by atoms with van der Waals surface area (Å²) >= 11 is 5.97. The first kappa shape index (κ1) is 14.5. The highest BCUT2D eigenvalue weighted by Gasteiger charge is 2.04. The van der Waals surface area contributed by atoms with Gasteiger partial charge in [0.2, 0.25) is 0 Å². The number of hydrogen-bond acceptors (Lipinski definition) is 2. The molecule has 0 saturated heterocycles. The molecular weight excluding hydrogens is 232 g/mol. The van der Waals surface area contributed by atoms with E-state index in [1.807, 2.05) is 18.2 Å². The van der Waals surface area contributed by atoms with Gasteiger partial charge in [0.1, 0.15) is 0 Å². The van der Waals surface area contributed by atoms with Gasteiger partial charge in [-0.15, -0.1) is 0 Å². The van der Waals surface area contributed by atoms with Crippen LogP contribution in [-0.2, 0) is 0 Å². The lowest BCUT2D eigenvalue weighted by molar-refractivity contribution is 0.389. The summed E-state index contributed by atoms with van der Waals surface area (Å²) in [7, 11) is 4.23. The molecule has 1 aromatic rings. The molecule has 96 valence electrons. The van der Waals surface area contributed by atoms with Crippen molar-refractivity contribution in [2.75, 3.05) is 27.2 Å². The minimum absolute atomic E-state index is 0.369. The van der Waals surface area contributed by atoms with Crippen LogP contribution in [0.2, 0.25) is 5.02 Å². The van der Waals surface area contributed by atoms with Gasteiger partial charge in [-0.3, -0.25) is 0 Å². The van der Waals surface area contributed by atoms with Gasteiger partial charge in [0.05, 0.1) is 0 Å². The highest BCUT2D eigenvalue weighted by molar-refractivity contribution is 6.30. The number of nitrogens with zero attached hydrogens (tertiary/aromatic N) is 1. The van der Waals surface area contributed by atoms with Gasteiger partial charge in [0.25, 0.3) is 0 Å². The van der Waals surface area contributed by atoms with Crippen molar-refractivity contribution in [2.45, 2.75) is 25.8 Å². The molecule has 0 heterocycles. The van der Waals surface area contributed by atoms with Crippen LogP contribution in [0, 0.1) is 0 Å². The third-order valence-electron chi connectivity index (χ3n) is 2.83. The Morgan fingerprint density at radius 2 is 2.06 bits per heavy atom. The summed E-state index contributed by atoms with van der Waals surface area (Å²) in [6.07, 6.45) is 2.45. The standard InChI is InChI=1S/C14H23ClN2/c1-12(13-7-6-8-14(15)11-13)16-9-4-5-10-17(2)3/h6-8,11-12,16H,4-5,9-10H2,1-3H3. The van der Waals surface area contributed by atoms with Crippen molar-refractivity contribution >= 4 is 11.6 Å². The molecule has 3 heteroatoms. The van der Waals surface area contributed by atoms with Crippen LogP contribution in [0.4, 0.5) is 0 Å². The van der Waals surface area contributed by atoms with Crippen LogP contribution >= 0.6 is 11.6 Å². The van der Waals surface area contributed by atoms with E-state index in [-0.39, 0.29) is 0 Å². The Bertz CT molecular complexity index is 326. The maximum Gasteiger partial charge on any atom is 0.0409 e. The number of benzene rings is 1. The van der Waals surface area contributed by atoms with E-state index in [4.69, 9.17) is 11.6 Å². The highest BCUT2D eigenvalue weighted by Crippen LogP contribution is 2.17. The second-order valence-corrected chi connectivity index (χ2v) is 5.18.